The highest BCUT2D eigenvalue weighted by Crippen LogP contribution is 2.47. The molecule has 0 spiro atoms. The van der Waals surface area contributed by atoms with Crippen LogP contribution in [0.15, 0.2) is 79.0 Å². The van der Waals surface area contributed by atoms with Crippen LogP contribution < -0.4 is 0 Å². The Hall–Kier alpha value is -3.77. The summed E-state index contributed by atoms with van der Waals surface area (Å²) in [5.41, 5.74) is -0.0609. The average Bonchev–Trinajstić information content (AvgIpc) is 2.95. The molecule has 3 atom stereocenters. The number of benzene rings is 2. The minimum atomic E-state index is -5.08. The van der Waals surface area contributed by atoms with Gasteiger partial charge in [-0.05, 0) is 54.8 Å². The van der Waals surface area contributed by atoms with Gasteiger partial charge in [-0.25, -0.2) is 13.6 Å². The molecule has 1 aliphatic heterocycles. The molecule has 0 saturated carbocycles. The van der Waals surface area contributed by atoms with Gasteiger partial charge in [-0.2, -0.15) is 13.2 Å². The van der Waals surface area contributed by atoms with Gasteiger partial charge in [-0.1, -0.05) is 66.5 Å². The van der Waals surface area contributed by atoms with Gasteiger partial charge in [0.2, 0.25) is 12.3 Å². The summed E-state index contributed by atoms with van der Waals surface area (Å²) in [4.78, 5) is 39.6. The van der Waals surface area contributed by atoms with E-state index in [0.29, 0.717) is 23.6 Å². The number of rotatable bonds is 7. The molecule has 2 N–H and O–H groups in total. The number of aliphatic carboxylic acids is 2. The standard InChI is InChI=1S/C22H23ClF2N2O3.C6H5Cl.C2HF3O2/c1-22(13-20(28)29)10-9-17(14-5-7-15(23)8-6-14)27(21(22)30)18(12-19(24)25)16-4-2-3-11-26-16;7-6-4-2-1-3-5-6;3-2(4,5)1(6)7/h2-8,11,17-19H,9-10,12-13H2,1H3,(H,28,29);1-5H;(H,6,7)/t17?,18-,22+;;/m0../s1. The van der Waals surface area contributed by atoms with Crippen molar-refractivity contribution >= 4 is 41.0 Å². The summed E-state index contributed by atoms with van der Waals surface area (Å²) in [7, 11) is 0. The summed E-state index contributed by atoms with van der Waals surface area (Å²) in [5.74, 6) is -4.31. The van der Waals surface area contributed by atoms with Crippen molar-refractivity contribution in [3.63, 3.8) is 0 Å². The maximum absolute atomic E-state index is 13.6. The van der Waals surface area contributed by atoms with Crippen molar-refractivity contribution in [3.05, 3.63) is 100 Å². The molecule has 7 nitrogen and oxygen atoms in total. The van der Waals surface area contributed by atoms with Gasteiger partial charge in [-0.3, -0.25) is 14.6 Å². The van der Waals surface area contributed by atoms with Crippen molar-refractivity contribution in [1.82, 2.24) is 9.88 Å². The monoisotopic (exact) mass is 662 g/mol. The smallest absolute Gasteiger partial charge is 0.481 e. The molecular formula is C30H29Cl2F5N2O5. The van der Waals surface area contributed by atoms with Crippen LogP contribution in [0.1, 0.15) is 55.9 Å². The van der Waals surface area contributed by atoms with Gasteiger partial charge in [0.05, 0.1) is 29.6 Å². The molecule has 1 fully saturated rings. The third kappa shape index (κ3) is 11.1. The van der Waals surface area contributed by atoms with Crippen LogP contribution in [0, 0.1) is 5.41 Å². The minimum absolute atomic E-state index is 0.339. The Balaban J connectivity index is 0.000000396. The molecule has 14 heteroatoms. The zero-order valence-electron chi connectivity index (χ0n) is 23.2. The highest BCUT2D eigenvalue weighted by molar-refractivity contribution is 6.30. The molecule has 0 aliphatic carbocycles. The van der Waals surface area contributed by atoms with E-state index in [1.54, 1.807) is 49.4 Å². The number of amides is 1. The Morgan fingerprint density at radius 1 is 0.977 bits per heavy atom. The van der Waals surface area contributed by atoms with Crippen molar-refractivity contribution in [2.45, 2.75) is 57.3 Å². The van der Waals surface area contributed by atoms with E-state index in [4.69, 9.17) is 33.1 Å². The number of carboxylic acid groups (broad SMARTS) is 2. The predicted octanol–water partition coefficient (Wildman–Crippen LogP) is 8.25. The summed E-state index contributed by atoms with van der Waals surface area (Å²) in [6.07, 6.45) is -6.41. The first-order valence-electron chi connectivity index (χ1n) is 13.0. The topological polar surface area (TPSA) is 108 Å². The van der Waals surface area contributed by atoms with Crippen LogP contribution in [0.2, 0.25) is 10.0 Å². The third-order valence-electron chi connectivity index (χ3n) is 6.59. The van der Waals surface area contributed by atoms with Crippen LogP contribution in [-0.4, -0.2) is 50.5 Å². The van der Waals surface area contributed by atoms with Crippen molar-refractivity contribution in [3.8, 4) is 0 Å². The molecule has 0 bridgehead atoms. The molecule has 2 aromatic carbocycles. The first-order valence-corrected chi connectivity index (χ1v) is 13.8. The summed E-state index contributed by atoms with van der Waals surface area (Å²) < 4.78 is 58.9. The molecule has 44 heavy (non-hydrogen) atoms. The second kappa shape index (κ2) is 16.3. The first kappa shape index (κ1) is 36.4. The molecule has 1 unspecified atom stereocenters. The molecule has 1 amide bonds. The Morgan fingerprint density at radius 3 is 1.95 bits per heavy atom. The van der Waals surface area contributed by atoms with Crippen LogP contribution in [0.25, 0.3) is 0 Å². The summed E-state index contributed by atoms with van der Waals surface area (Å²) in [6.45, 7) is 1.59. The van der Waals surface area contributed by atoms with Crippen LogP contribution >= 0.6 is 23.2 Å². The second-order valence-electron chi connectivity index (χ2n) is 9.95. The van der Waals surface area contributed by atoms with Gasteiger partial charge < -0.3 is 15.1 Å². The average molecular weight is 663 g/mol. The quantitative estimate of drug-likeness (QED) is 0.247. The molecule has 4 rings (SSSR count). The Morgan fingerprint density at radius 2 is 1.52 bits per heavy atom. The number of hydrogen-bond acceptors (Lipinski definition) is 4. The molecule has 0 radical (unpaired) electrons. The largest absolute Gasteiger partial charge is 0.490 e. The van der Waals surface area contributed by atoms with E-state index < -0.39 is 54.4 Å². The second-order valence-corrected chi connectivity index (χ2v) is 10.8. The Kier molecular flexibility index (Phi) is 13.5. The van der Waals surface area contributed by atoms with E-state index in [2.05, 4.69) is 4.98 Å². The maximum Gasteiger partial charge on any atom is 0.490 e. The molecule has 1 aromatic heterocycles. The summed E-state index contributed by atoms with van der Waals surface area (Å²) in [5, 5.41) is 17.8. The highest BCUT2D eigenvalue weighted by Gasteiger charge is 2.48. The molecular weight excluding hydrogens is 634 g/mol. The number of alkyl halides is 5. The van der Waals surface area contributed by atoms with E-state index in [1.807, 2.05) is 30.3 Å². The fourth-order valence-electron chi connectivity index (χ4n) is 4.56. The van der Waals surface area contributed by atoms with E-state index in [9.17, 15) is 36.6 Å². The highest BCUT2D eigenvalue weighted by atomic mass is 35.5. The van der Waals surface area contributed by atoms with Crippen LogP contribution in [0.4, 0.5) is 22.0 Å². The number of hydrogen-bond donors (Lipinski definition) is 2. The van der Waals surface area contributed by atoms with Gasteiger partial charge in [0.1, 0.15) is 0 Å². The van der Waals surface area contributed by atoms with Crippen LogP contribution in [0.3, 0.4) is 0 Å². The fraction of sp³-hybridized carbons (Fsp3) is 0.333. The van der Waals surface area contributed by atoms with Gasteiger partial charge >= 0.3 is 18.1 Å². The molecule has 1 saturated heterocycles. The van der Waals surface area contributed by atoms with Crippen LogP contribution in [-0.2, 0) is 14.4 Å². The van der Waals surface area contributed by atoms with Crippen molar-refractivity contribution < 1.29 is 46.5 Å². The van der Waals surface area contributed by atoms with E-state index in [0.717, 1.165) is 10.6 Å². The van der Waals surface area contributed by atoms with Gasteiger partial charge in [-0.15, -0.1) is 0 Å². The molecule has 238 valence electrons. The number of nitrogens with zero attached hydrogens (tertiary/aromatic N) is 2. The number of likely N-dealkylation sites (tertiary alicyclic amines) is 1. The lowest BCUT2D eigenvalue weighted by Gasteiger charge is -2.47. The predicted molar refractivity (Wildman–Crippen MR) is 153 cm³/mol. The molecule has 2 heterocycles. The lowest BCUT2D eigenvalue weighted by Crippen LogP contribution is -2.51. The summed E-state index contributed by atoms with van der Waals surface area (Å²) in [6, 6.07) is 19.9. The number of carbonyl (C=O) groups is 3. The van der Waals surface area contributed by atoms with Crippen molar-refractivity contribution in [2.24, 2.45) is 5.41 Å². The molecule has 1 aliphatic rings. The Labute approximate surface area is 260 Å². The zero-order valence-corrected chi connectivity index (χ0v) is 24.7. The minimum Gasteiger partial charge on any atom is -0.481 e. The fourth-order valence-corrected chi connectivity index (χ4v) is 4.83. The lowest BCUT2D eigenvalue weighted by atomic mass is 9.74. The van der Waals surface area contributed by atoms with E-state index >= 15 is 0 Å². The number of halogens is 7. The SMILES string of the molecule is C[C@]1(CC(=O)O)CCC(c2ccc(Cl)cc2)N([C@@H](CC(F)F)c2ccccn2)C1=O.Clc1ccccc1.O=C(O)C(F)(F)F. The lowest BCUT2D eigenvalue weighted by molar-refractivity contribution is -0.192. The zero-order chi connectivity index (χ0) is 33.1. The molecule has 3 aromatic rings. The summed E-state index contributed by atoms with van der Waals surface area (Å²) >= 11 is 11.5. The van der Waals surface area contributed by atoms with Gasteiger partial charge in [0.25, 0.3) is 0 Å². The number of piperidine rings is 1. The number of pyridine rings is 1. The normalized spacial score (nSPS) is 18.8. The van der Waals surface area contributed by atoms with E-state index in [1.165, 1.54) is 11.1 Å². The number of aromatic nitrogens is 1. The van der Waals surface area contributed by atoms with Gasteiger partial charge in [0.15, 0.2) is 0 Å². The van der Waals surface area contributed by atoms with Crippen molar-refractivity contribution in [2.75, 3.05) is 0 Å². The number of carboxylic acids is 2. The third-order valence-corrected chi connectivity index (χ3v) is 7.10. The number of carbonyl (C=O) groups excluding carboxylic acids is 1. The van der Waals surface area contributed by atoms with Crippen LogP contribution in [0.5, 0.6) is 0 Å². The maximum atomic E-state index is 13.6. The van der Waals surface area contributed by atoms with Crippen molar-refractivity contribution in [1.29, 1.82) is 0 Å². The Bertz CT molecular complexity index is 1370. The van der Waals surface area contributed by atoms with Gasteiger partial charge in [0, 0.05) is 22.7 Å². The van der Waals surface area contributed by atoms with E-state index in [-0.39, 0.29) is 6.42 Å². The first-order chi connectivity index (χ1) is 20.5.